The molecule has 100 valence electrons. The smallest absolute Gasteiger partial charge is 0.423 e. The van der Waals surface area contributed by atoms with Crippen LogP contribution in [-0.4, -0.2) is 33.7 Å². The van der Waals surface area contributed by atoms with Crippen LogP contribution in [0.1, 0.15) is 0 Å². The Labute approximate surface area is 104 Å². The summed E-state index contributed by atoms with van der Waals surface area (Å²) < 4.78 is 44.9. The number of ether oxygens (including phenoxy) is 1. The van der Waals surface area contributed by atoms with Gasteiger partial charge in [0, 0.05) is 0 Å². The van der Waals surface area contributed by atoms with E-state index >= 15 is 0 Å². The van der Waals surface area contributed by atoms with E-state index < -0.39 is 19.2 Å². The van der Waals surface area contributed by atoms with Crippen LogP contribution < -0.4 is 10.2 Å². The Morgan fingerprint density at radius 1 is 1.26 bits per heavy atom. The van der Waals surface area contributed by atoms with Crippen LogP contribution in [0, 0.1) is 0 Å². The van der Waals surface area contributed by atoms with Crippen molar-refractivity contribution in [3.63, 3.8) is 0 Å². The summed E-state index contributed by atoms with van der Waals surface area (Å²) in [4.78, 5) is 3.59. The van der Waals surface area contributed by atoms with Gasteiger partial charge in [0.2, 0.25) is 12.2 Å². The van der Waals surface area contributed by atoms with Crippen LogP contribution in [0.3, 0.4) is 0 Å². The van der Waals surface area contributed by atoms with Crippen molar-refractivity contribution in [1.29, 1.82) is 0 Å². The van der Waals surface area contributed by atoms with Gasteiger partial charge in [0.25, 0.3) is 0 Å². The lowest BCUT2D eigenvalue weighted by molar-refractivity contribution is -0.274. The third kappa shape index (κ3) is 3.23. The molecular weight excluding hydrogens is 268 g/mol. The SMILES string of the molecule is OB(O)c1ccc(OC(F)(F)F)c(-c2ncon2)c1. The molecule has 0 amide bonds. The Hall–Kier alpha value is -2.07. The highest BCUT2D eigenvalue weighted by Crippen LogP contribution is 2.31. The van der Waals surface area contributed by atoms with Gasteiger partial charge in [-0.05, 0) is 17.6 Å². The Morgan fingerprint density at radius 2 is 2.00 bits per heavy atom. The summed E-state index contributed by atoms with van der Waals surface area (Å²) >= 11 is 0. The van der Waals surface area contributed by atoms with Gasteiger partial charge >= 0.3 is 13.5 Å². The molecule has 2 aromatic rings. The van der Waals surface area contributed by atoms with Crippen molar-refractivity contribution >= 4 is 12.6 Å². The number of halogens is 3. The van der Waals surface area contributed by atoms with E-state index in [0.717, 1.165) is 24.6 Å². The van der Waals surface area contributed by atoms with Crippen LogP contribution in [-0.2, 0) is 0 Å². The molecule has 0 aliphatic carbocycles. The van der Waals surface area contributed by atoms with Gasteiger partial charge in [-0.1, -0.05) is 11.2 Å². The average Bonchev–Trinajstić information content (AvgIpc) is 2.80. The molecule has 0 unspecified atom stereocenters. The molecule has 0 saturated carbocycles. The van der Waals surface area contributed by atoms with Gasteiger partial charge < -0.3 is 19.3 Å². The van der Waals surface area contributed by atoms with Crippen LogP contribution in [0.4, 0.5) is 13.2 Å². The number of hydrogen-bond donors (Lipinski definition) is 2. The van der Waals surface area contributed by atoms with E-state index in [4.69, 9.17) is 10.0 Å². The molecule has 1 aromatic carbocycles. The first kappa shape index (κ1) is 13.4. The van der Waals surface area contributed by atoms with Crippen molar-refractivity contribution in [2.45, 2.75) is 6.36 Å². The number of aromatic nitrogens is 2. The molecule has 0 bridgehead atoms. The fraction of sp³-hybridized carbons (Fsp3) is 0.111. The first-order valence-electron chi connectivity index (χ1n) is 4.89. The van der Waals surface area contributed by atoms with Crippen molar-refractivity contribution in [1.82, 2.24) is 10.1 Å². The van der Waals surface area contributed by atoms with E-state index in [1.807, 2.05) is 0 Å². The minimum atomic E-state index is -4.89. The molecular formula is C9H6BF3N2O4. The Bertz CT molecular complexity index is 559. The van der Waals surface area contributed by atoms with Gasteiger partial charge in [-0.3, -0.25) is 0 Å². The lowest BCUT2D eigenvalue weighted by Gasteiger charge is -2.12. The van der Waals surface area contributed by atoms with Crippen LogP contribution in [0.15, 0.2) is 29.1 Å². The lowest BCUT2D eigenvalue weighted by atomic mass is 9.79. The van der Waals surface area contributed by atoms with E-state index in [2.05, 4.69) is 19.4 Å². The number of benzene rings is 1. The van der Waals surface area contributed by atoms with Gasteiger partial charge in [-0.25, -0.2) is 0 Å². The summed E-state index contributed by atoms with van der Waals surface area (Å²) in [5.41, 5.74) is -0.203. The zero-order valence-electron chi connectivity index (χ0n) is 9.13. The molecule has 2 rings (SSSR count). The summed E-state index contributed by atoms with van der Waals surface area (Å²) in [6, 6.07) is 3.08. The quantitative estimate of drug-likeness (QED) is 0.783. The second-order valence-electron chi connectivity index (χ2n) is 3.43. The Balaban J connectivity index is 2.48. The van der Waals surface area contributed by atoms with Crippen molar-refractivity contribution in [3.8, 4) is 17.1 Å². The standard InChI is InChI=1S/C9H6BF3N2O4/c11-9(12,13)19-7-2-1-5(10(16)17)3-6(7)8-14-4-18-15-8/h1-4,16-17H. The molecule has 10 heteroatoms. The number of hydrogen-bond acceptors (Lipinski definition) is 6. The summed E-state index contributed by atoms with van der Waals surface area (Å²) in [5.74, 6) is -0.736. The molecule has 1 heterocycles. The van der Waals surface area contributed by atoms with Crippen molar-refractivity contribution in [3.05, 3.63) is 24.6 Å². The zero-order chi connectivity index (χ0) is 14.0. The van der Waals surface area contributed by atoms with E-state index in [9.17, 15) is 13.2 Å². The lowest BCUT2D eigenvalue weighted by Crippen LogP contribution is -2.30. The molecule has 0 spiro atoms. The summed E-state index contributed by atoms with van der Waals surface area (Å²) in [6.45, 7) is 0. The molecule has 0 atom stereocenters. The van der Waals surface area contributed by atoms with Gasteiger partial charge in [0.1, 0.15) is 5.75 Å². The van der Waals surface area contributed by atoms with E-state index in [-0.39, 0.29) is 16.9 Å². The zero-order valence-corrected chi connectivity index (χ0v) is 9.13. The van der Waals surface area contributed by atoms with Gasteiger partial charge in [0.05, 0.1) is 5.56 Å². The molecule has 2 N–H and O–H groups in total. The topological polar surface area (TPSA) is 88.6 Å². The molecule has 0 radical (unpaired) electrons. The fourth-order valence-electron chi connectivity index (χ4n) is 1.39. The van der Waals surface area contributed by atoms with Gasteiger partial charge in [0.15, 0.2) is 0 Å². The van der Waals surface area contributed by atoms with Crippen LogP contribution >= 0.6 is 0 Å². The van der Waals surface area contributed by atoms with E-state index in [1.54, 1.807) is 0 Å². The maximum absolute atomic E-state index is 12.2. The van der Waals surface area contributed by atoms with Gasteiger partial charge in [-0.15, -0.1) is 13.2 Å². The van der Waals surface area contributed by atoms with Crippen molar-refractivity contribution in [2.75, 3.05) is 0 Å². The normalized spacial score (nSPS) is 11.4. The van der Waals surface area contributed by atoms with Crippen LogP contribution in [0.25, 0.3) is 11.4 Å². The maximum Gasteiger partial charge on any atom is 0.573 e. The Kier molecular flexibility index (Phi) is 3.45. The average molecular weight is 274 g/mol. The molecule has 0 fully saturated rings. The van der Waals surface area contributed by atoms with Crippen molar-refractivity contribution < 1.29 is 32.5 Å². The second kappa shape index (κ2) is 4.90. The first-order chi connectivity index (χ1) is 8.87. The molecule has 0 aliphatic rings. The monoisotopic (exact) mass is 274 g/mol. The number of nitrogens with zero attached hydrogens (tertiary/aromatic N) is 2. The second-order valence-corrected chi connectivity index (χ2v) is 3.43. The highest BCUT2D eigenvalue weighted by molar-refractivity contribution is 6.58. The Morgan fingerprint density at radius 3 is 2.53 bits per heavy atom. The van der Waals surface area contributed by atoms with E-state index in [1.165, 1.54) is 0 Å². The predicted octanol–water partition coefficient (Wildman–Crippen LogP) is 0.315. The van der Waals surface area contributed by atoms with Gasteiger partial charge in [-0.2, -0.15) is 4.98 Å². The number of rotatable bonds is 3. The summed E-state index contributed by atoms with van der Waals surface area (Å²) in [7, 11) is -1.84. The first-order valence-corrected chi connectivity index (χ1v) is 4.89. The minimum Gasteiger partial charge on any atom is -0.423 e. The maximum atomic E-state index is 12.2. The third-order valence-electron chi connectivity index (χ3n) is 2.13. The number of alkyl halides is 3. The summed E-state index contributed by atoms with van der Waals surface area (Å²) in [5, 5.41) is 21.4. The molecule has 6 nitrogen and oxygen atoms in total. The van der Waals surface area contributed by atoms with Crippen LogP contribution in [0.2, 0.25) is 0 Å². The van der Waals surface area contributed by atoms with Crippen molar-refractivity contribution in [2.24, 2.45) is 0 Å². The summed E-state index contributed by atoms with van der Waals surface area (Å²) in [6.07, 6.45) is -3.97. The highest BCUT2D eigenvalue weighted by atomic mass is 19.4. The minimum absolute atomic E-state index is 0.0330. The molecule has 1 aromatic heterocycles. The van der Waals surface area contributed by atoms with Crippen LogP contribution in [0.5, 0.6) is 5.75 Å². The largest absolute Gasteiger partial charge is 0.573 e. The molecule has 0 aliphatic heterocycles. The molecule has 0 saturated heterocycles. The fourth-order valence-corrected chi connectivity index (χ4v) is 1.39. The predicted molar refractivity (Wildman–Crippen MR) is 56.2 cm³/mol. The highest BCUT2D eigenvalue weighted by Gasteiger charge is 2.33. The van der Waals surface area contributed by atoms with E-state index in [0.29, 0.717) is 0 Å². The molecule has 19 heavy (non-hydrogen) atoms. The third-order valence-corrected chi connectivity index (χ3v) is 2.13.